The van der Waals surface area contributed by atoms with E-state index < -0.39 is 22.0 Å². The maximum absolute atomic E-state index is 13.1. The molecule has 3 aliphatic heterocycles. The van der Waals surface area contributed by atoms with Gasteiger partial charge in [-0.15, -0.1) is 0 Å². The van der Waals surface area contributed by atoms with Crippen LogP contribution in [-0.4, -0.2) is 63.6 Å². The highest BCUT2D eigenvalue weighted by molar-refractivity contribution is 7.89. The zero-order valence-electron chi connectivity index (χ0n) is 19.2. The predicted molar refractivity (Wildman–Crippen MR) is 124 cm³/mol. The van der Waals surface area contributed by atoms with Crippen molar-refractivity contribution in [1.82, 2.24) is 14.9 Å². The first-order chi connectivity index (χ1) is 15.8. The topological polar surface area (TPSA) is 108 Å². The van der Waals surface area contributed by atoms with E-state index in [0.717, 1.165) is 30.5 Å². The number of fused-ring (bicyclic) bond motifs is 1. The monoisotopic (exact) mass is 476 g/mol. The first-order valence-corrected chi connectivity index (χ1v) is 13.1. The maximum atomic E-state index is 13.1. The van der Waals surface area contributed by atoms with E-state index in [1.165, 1.54) is 0 Å². The average molecular weight is 477 g/mol. The molecule has 4 rings (SSSR count). The van der Waals surface area contributed by atoms with Gasteiger partial charge in [0.15, 0.2) is 0 Å². The minimum absolute atomic E-state index is 0.251. The molecule has 0 aromatic heterocycles. The van der Waals surface area contributed by atoms with Crippen LogP contribution in [0.4, 0.5) is 10.5 Å². The average Bonchev–Trinajstić information content (AvgIpc) is 3.21. The lowest BCUT2D eigenvalue weighted by Gasteiger charge is -2.31. The summed E-state index contributed by atoms with van der Waals surface area (Å²) in [5.41, 5.74) is 2.85. The Morgan fingerprint density at radius 3 is 2.61 bits per heavy atom. The SMILES string of the molecule is CCOC(=O)C1=C(CN2CCc3cc(S(=O)(=O)N4CCCCC4)ccc32)NC(=O)N[C@@H]1CC. The van der Waals surface area contributed by atoms with Crippen LogP contribution in [0.25, 0.3) is 0 Å². The molecule has 1 aromatic rings. The van der Waals surface area contributed by atoms with Gasteiger partial charge in [0.25, 0.3) is 0 Å². The second-order valence-electron chi connectivity index (χ2n) is 8.60. The molecule has 0 saturated carbocycles. The van der Waals surface area contributed by atoms with Crippen molar-refractivity contribution in [3.05, 3.63) is 35.0 Å². The third-order valence-electron chi connectivity index (χ3n) is 6.49. The molecule has 3 aliphatic rings. The van der Waals surface area contributed by atoms with Gasteiger partial charge in [-0.05, 0) is 56.4 Å². The molecule has 2 amide bonds. The molecule has 1 fully saturated rings. The number of hydrogen-bond donors (Lipinski definition) is 2. The van der Waals surface area contributed by atoms with E-state index in [4.69, 9.17) is 4.74 Å². The molecule has 0 spiro atoms. The molecular formula is C23H32N4O5S. The zero-order valence-corrected chi connectivity index (χ0v) is 20.0. The molecule has 9 nitrogen and oxygen atoms in total. The third-order valence-corrected chi connectivity index (χ3v) is 8.39. The van der Waals surface area contributed by atoms with Gasteiger partial charge in [-0.25, -0.2) is 18.0 Å². The lowest BCUT2D eigenvalue weighted by atomic mass is 10.00. The van der Waals surface area contributed by atoms with Crippen LogP contribution >= 0.6 is 0 Å². The Labute approximate surface area is 195 Å². The molecule has 1 saturated heterocycles. The summed E-state index contributed by atoms with van der Waals surface area (Å²) in [4.78, 5) is 27.2. The fourth-order valence-corrected chi connectivity index (χ4v) is 6.37. The molecule has 0 unspecified atom stereocenters. The van der Waals surface area contributed by atoms with E-state index in [1.54, 1.807) is 23.4 Å². The molecule has 10 heteroatoms. The van der Waals surface area contributed by atoms with Crippen molar-refractivity contribution in [1.29, 1.82) is 0 Å². The smallest absolute Gasteiger partial charge is 0.337 e. The lowest BCUT2D eigenvalue weighted by molar-refractivity contribution is -0.139. The van der Waals surface area contributed by atoms with Gasteiger partial charge in [-0.1, -0.05) is 13.3 Å². The van der Waals surface area contributed by atoms with Crippen LogP contribution < -0.4 is 15.5 Å². The summed E-state index contributed by atoms with van der Waals surface area (Å²) >= 11 is 0. The van der Waals surface area contributed by atoms with Crippen LogP contribution in [0.1, 0.15) is 45.1 Å². The molecule has 33 heavy (non-hydrogen) atoms. The number of amides is 2. The molecule has 1 atom stereocenters. The lowest BCUT2D eigenvalue weighted by Crippen LogP contribution is -2.52. The van der Waals surface area contributed by atoms with Gasteiger partial charge < -0.3 is 20.3 Å². The summed E-state index contributed by atoms with van der Waals surface area (Å²) in [6.07, 6.45) is 4.13. The van der Waals surface area contributed by atoms with E-state index in [0.29, 0.717) is 55.2 Å². The van der Waals surface area contributed by atoms with Gasteiger partial charge in [0.2, 0.25) is 10.0 Å². The van der Waals surface area contributed by atoms with Crippen molar-refractivity contribution in [2.45, 2.75) is 56.9 Å². The molecule has 3 heterocycles. The summed E-state index contributed by atoms with van der Waals surface area (Å²) in [5, 5.41) is 5.58. The number of anilines is 1. The Morgan fingerprint density at radius 1 is 1.15 bits per heavy atom. The number of rotatable bonds is 7. The number of carbonyl (C=O) groups is 2. The van der Waals surface area contributed by atoms with Gasteiger partial charge in [-0.3, -0.25) is 0 Å². The maximum Gasteiger partial charge on any atom is 0.337 e. The molecule has 1 aromatic carbocycles. The van der Waals surface area contributed by atoms with Crippen LogP contribution in [-0.2, 0) is 26.0 Å². The third kappa shape index (κ3) is 4.72. The normalized spacial score (nSPS) is 21.5. The number of piperidine rings is 1. The van der Waals surface area contributed by atoms with E-state index >= 15 is 0 Å². The molecular weight excluding hydrogens is 444 g/mol. The number of sulfonamides is 1. The van der Waals surface area contributed by atoms with Gasteiger partial charge in [-0.2, -0.15) is 4.31 Å². The number of nitrogens with zero attached hydrogens (tertiary/aromatic N) is 2. The van der Waals surface area contributed by atoms with Crippen LogP contribution in [0.3, 0.4) is 0 Å². The molecule has 180 valence electrons. The van der Waals surface area contributed by atoms with Crippen molar-refractivity contribution >= 4 is 27.7 Å². The second kappa shape index (κ2) is 9.72. The Bertz CT molecular complexity index is 1060. The van der Waals surface area contributed by atoms with Crippen molar-refractivity contribution < 1.29 is 22.7 Å². The number of nitrogens with one attached hydrogen (secondary N) is 2. The Balaban J connectivity index is 1.60. The number of hydrogen-bond acceptors (Lipinski definition) is 6. The van der Waals surface area contributed by atoms with Crippen LogP contribution in [0.5, 0.6) is 0 Å². The summed E-state index contributed by atoms with van der Waals surface area (Å²) in [5.74, 6) is -0.436. The van der Waals surface area contributed by atoms with Crippen LogP contribution in [0, 0.1) is 0 Å². The first-order valence-electron chi connectivity index (χ1n) is 11.7. The highest BCUT2D eigenvalue weighted by atomic mass is 32.2. The first kappa shape index (κ1) is 23.6. The number of benzene rings is 1. The van der Waals surface area contributed by atoms with E-state index in [2.05, 4.69) is 15.5 Å². The number of carbonyl (C=O) groups excluding carboxylic acids is 2. The van der Waals surface area contributed by atoms with E-state index in [1.807, 2.05) is 13.0 Å². The number of ether oxygens (including phenoxy) is 1. The van der Waals surface area contributed by atoms with Crippen molar-refractivity contribution in [2.75, 3.05) is 37.7 Å². The molecule has 2 N–H and O–H groups in total. The van der Waals surface area contributed by atoms with E-state index in [-0.39, 0.29) is 12.6 Å². The number of esters is 1. The van der Waals surface area contributed by atoms with Gasteiger partial charge in [0.1, 0.15) is 0 Å². The fraction of sp³-hybridized carbons (Fsp3) is 0.565. The highest BCUT2D eigenvalue weighted by Crippen LogP contribution is 2.33. The standard InChI is InChI=1S/C23H32N4O5S/c1-3-18-21(22(28)32-4-2)19(25-23(29)24-18)15-26-13-10-16-14-17(8-9-20(16)26)33(30,31)27-11-6-5-7-12-27/h8-9,14,18H,3-7,10-13,15H2,1-2H3,(H2,24,25,29)/t18-/m1/s1. The second-order valence-corrected chi connectivity index (χ2v) is 10.5. The van der Waals surface area contributed by atoms with Gasteiger partial charge in [0.05, 0.1) is 35.4 Å². The summed E-state index contributed by atoms with van der Waals surface area (Å²) < 4.78 is 33.0. The summed E-state index contributed by atoms with van der Waals surface area (Å²) in [6, 6.07) is 4.52. The minimum Gasteiger partial charge on any atom is -0.463 e. The van der Waals surface area contributed by atoms with E-state index in [9.17, 15) is 18.0 Å². The Hall–Kier alpha value is -2.59. The van der Waals surface area contributed by atoms with Crippen LogP contribution in [0.2, 0.25) is 0 Å². The van der Waals surface area contributed by atoms with Crippen molar-refractivity contribution in [2.24, 2.45) is 0 Å². The Morgan fingerprint density at radius 2 is 1.91 bits per heavy atom. The summed E-state index contributed by atoms with van der Waals surface area (Å²) in [7, 11) is -3.49. The largest absolute Gasteiger partial charge is 0.463 e. The van der Waals surface area contributed by atoms with Gasteiger partial charge >= 0.3 is 12.0 Å². The quantitative estimate of drug-likeness (QED) is 0.584. The predicted octanol–water partition coefficient (Wildman–Crippen LogP) is 2.13. The molecule has 0 bridgehead atoms. The minimum atomic E-state index is -3.49. The Kier molecular flexibility index (Phi) is 6.94. The van der Waals surface area contributed by atoms with Crippen molar-refractivity contribution in [3.8, 4) is 0 Å². The highest BCUT2D eigenvalue weighted by Gasteiger charge is 2.34. The van der Waals surface area contributed by atoms with Gasteiger partial charge in [0, 0.05) is 25.3 Å². The fourth-order valence-electron chi connectivity index (χ4n) is 4.80. The zero-order chi connectivity index (χ0) is 23.6. The number of urea groups is 1. The molecule has 0 aliphatic carbocycles. The molecule has 0 radical (unpaired) electrons. The summed E-state index contributed by atoms with van der Waals surface area (Å²) in [6.45, 7) is 6.06. The van der Waals surface area contributed by atoms with Crippen LogP contribution in [0.15, 0.2) is 34.4 Å². The van der Waals surface area contributed by atoms with Crippen molar-refractivity contribution in [3.63, 3.8) is 0 Å².